The van der Waals surface area contributed by atoms with Crippen LogP contribution in [0.25, 0.3) is 0 Å². The molecule has 2 saturated heterocycles. The monoisotopic (exact) mass is 351 g/mol. The summed E-state index contributed by atoms with van der Waals surface area (Å²) in [4.78, 5) is 0. The summed E-state index contributed by atoms with van der Waals surface area (Å²) in [5.74, 6) is 1.46. The van der Waals surface area contributed by atoms with E-state index >= 15 is 0 Å². The maximum absolute atomic E-state index is 9.91. The third-order valence-corrected chi connectivity index (χ3v) is 5.73. The second kappa shape index (κ2) is 8.50. The van der Waals surface area contributed by atoms with Crippen molar-refractivity contribution in [3.05, 3.63) is 0 Å². The molecule has 2 fully saturated rings. The summed E-state index contributed by atoms with van der Waals surface area (Å²) in [7, 11) is 0. The number of rotatable bonds is 4. The molecule has 0 aromatic rings. The normalized spacial score (nSPS) is 49.0. The van der Waals surface area contributed by atoms with Crippen LogP contribution in [-0.2, 0) is 32.8 Å². The van der Waals surface area contributed by atoms with Gasteiger partial charge in [-0.1, -0.05) is 41.5 Å². The van der Waals surface area contributed by atoms with E-state index < -0.39 is 6.29 Å². The van der Waals surface area contributed by atoms with Crippen molar-refractivity contribution in [1.82, 2.24) is 0 Å². The van der Waals surface area contributed by atoms with Crippen LogP contribution >= 0.6 is 0 Å². The Morgan fingerprint density at radius 2 is 1.41 bits per heavy atom. The molecule has 1 radical (unpaired) electrons. The number of aliphatic hydroxyl groups is 1. The van der Waals surface area contributed by atoms with E-state index in [0.29, 0.717) is 17.8 Å². The summed E-state index contributed by atoms with van der Waals surface area (Å²) in [6.45, 7) is 13.0. The summed E-state index contributed by atoms with van der Waals surface area (Å²) < 4.78 is 18.1. The Labute approximate surface area is 147 Å². The van der Waals surface area contributed by atoms with Gasteiger partial charge < -0.3 is 19.3 Å². The Bertz CT molecular complexity index is 339. The summed E-state index contributed by atoms with van der Waals surface area (Å²) in [5, 5.41) is 9.91. The molecule has 2 rings (SSSR count). The molecule has 0 spiro atoms. The van der Waals surface area contributed by atoms with E-state index in [0.717, 1.165) is 12.8 Å². The zero-order chi connectivity index (χ0) is 15.7. The molecule has 1 N–H and O–H groups in total. The first-order chi connectivity index (χ1) is 9.90. The molecule has 0 aromatic heterocycles. The van der Waals surface area contributed by atoms with E-state index in [-0.39, 0.29) is 49.1 Å². The van der Waals surface area contributed by atoms with Gasteiger partial charge in [-0.3, -0.25) is 0 Å². The third-order valence-electron chi connectivity index (χ3n) is 5.73. The van der Waals surface area contributed by atoms with Gasteiger partial charge in [0.05, 0.1) is 18.3 Å². The molecule has 0 bridgehead atoms. The Morgan fingerprint density at radius 3 is 1.95 bits per heavy atom. The first kappa shape index (κ1) is 20.5. The zero-order valence-corrected chi connectivity index (χ0v) is 16.1. The number of aliphatic hydroxyl groups excluding tert-OH is 1. The van der Waals surface area contributed by atoms with Crippen molar-refractivity contribution in [2.45, 2.75) is 85.3 Å². The third kappa shape index (κ3) is 3.90. The number of ether oxygens (including phenoxy) is 3. The minimum atomic E-state index is -0.725. The van der Waals surface area contributed by atoms with Crippen LogP contribution in [0.1, 0.15) is 54.4 Å². The summed E-state index contributed by atoms with van der Waals surface area (Å²) >= 11 is 0. The first-order valence-electron chi connectivity index (χ1n) is 8.55. The minimum Gasteiger partial charge on any atom is -0.368 e. The van der Waals surface area contributed by atoms with Crippen LogP contribution in [0.3, 0.4) is 0 Å². The molecular weight excluding hydrogens is 319 g/mol. The van der Waals surface area contributed by atoms with Gasteiger partial charge in [0.25, 0.3) is 0 Å². The van der Waals surface area contributed by atoms with Gasteiger partial charge in [-0.05, 0) is 24.7 Å². The fourth-order valence-electron chi connectivity index (χ4n) is 3.69. The van der Waals surface area contributed by atoms with Gasteiger partial charge in [0.1, 0.15) is 0 Å². The van der Waals surface area contributed by atoms with E-state index in [1.807, 2.05) is 6.92 Å². The van der Waals surface area contributed by atoms with Gasteiger partial charge in [-0.2, -0.15) is 0 Å². The fraction of sp³-hybridized carbons (Fsp3) is 1.00. The van der Waals surface area contributed by atoms with Gasteiger partial charge in [0.15, 0.2) is 12.6 Å². The molecule has 0 aromatic carbocycles. The smallest absolute Gasteiger partial charge is 0.161 e. The predicted octanol–water partition coefficient (Wildman–Crippen LogP) is 3.18. The molecular formula is C17H32O4V. The molecule has 0 amide bonds. The Hall–Kier alpha value is 0.424. The van der Waals surface area contributed by atoms with E-state index in [2.05, 4.69) is 34.6 Å². The van der Waals surface area contributed by atoms with Gasteiger partial charge in [-0.25, -0.2) is 0 Å². The Morgan fingerprint density at radius 1 is 0.818 bits per heavy atom. The Kier molecular flexibility index (Phi) is 7.91. The minimum absolute atomic E-state index is 0. The van der Waals surface area contributed by atoms with Crippen LogP contribution in [0.4, 0.5) is 0 Å². The molecule has 0 saturated carbocycles. The van der Waals surface area contributed by atoms with Crippen LogP contribution in [0.2, 0.25) is 0 Å². The second-order valence-corrected chi connectivity index (χ2v) is 6.96. The molecule has 9 atom stereocenters. The van der Waals surface area contributed by atoms with Crippen molar-refractivity contribution in [2.24, 2.45) is 23.7 Å². The predicted molar refractivity (Wildman–Crippen MR) is 81.7 cm³/mol. The van der Waals surface area contributed by atoms with Crippen molar-refractivity contribution < 1.29 is 37.9 Å². The molecule has 0 aliphatic carbocycles. The van der Waals surface area contributed by atoms with Gasteiger partial charge >= 0.3 is 0 Å². The topological polar surface area (TPSA) is 47.9 Å². The van der Waals surface area contributed by atoms with Crippen molar-refractivity contribution >= 4 is 0 Å². The number of hydrogen-bond acceptors (Lipinski definition) is 4. The summed E-state index contributed by atoms with van der Waals surface area (Å²) in [5.41, 5.74) is 0. The summed E-state index contributed by atoms with van der Waals surface area (Å²) in [6, 6.07) is 0. The van der Waals surface area contributed by atoms with E-state index in [9.17, 15) is 5.11 Å². The maximum Gasteiger partial charge on any atom is 0.161 e. The molecule has 22 heavy (non-hydrogen) atoms. The van der Waals surface area contributed by atoms with Crippen LogP contribution < -0.4 is 0 Å². The molecule has 2 aliphatic heterocycles. The fourth-order valence-corrected chi connectivity index (χ4v) is 3.69. The SMILES string of the molecule is CCC1OC(OC2C(CC)OC(O)C2C)C(C)C(C)C1C.[V]. The van der Waals surface area contributed by atoms with Crippen LogP contribution in [0.5, 0.6) is 0 Å². The molecule has 2 heterocycles. The largest absolute Gasteiger partial charge is 0.368 e. The first-order valence-corrected chi connectivity index (χ1v) is 8.55. The average molecular weight is 351 g/mol. The second-order valence-electron chi connectivity index (χ2n) is 6.96. The van der Waals surface area contributed by atoms with Crippen molar-refractivity contribution in [3.8, 4) is 0 Å². The van der Waals surface area contributed by atoms with Gasteiger partial charge in [0.2, 0.25) is 0 Å². The molecule has 5 heteroatoms. The maximum atomic E-state index is 9.91. The molecule has 4 nitrogen and oxygen atoms in total. The standard InChI is InChI=1S/C17H32O4.V/c1-7-13-10(4)9(3)11(5)17(20-13)21-15-12(6)16(18)19-14(15)8-2;/h9-18H,7-8H2,1-6H3;. The van der Waals surface area contributed by atoms with Crippen molar-refractivity contribution in [3.63, 3.8) is 0 Å². The van der Waals surface area contributed by atoms with Crippen molar-refractivity contribution in [2.75, 3.05) is 0 Å². The molecule has 2 aliphatic rings. The van der Waals surface area contributed by atoms with Crippen LogP contribution in [0.15, 0.2) is 0 Å². The zero-order valence-electron chi connectivity index (χ0n) is 14.7. The number of hydrogen-bond donors (Lipinski definition) is 1. The van der Waals surface area contributed by atoms with Crippen molar-refractivity contribution in [1.29, 1.82) is 0 Å². The Balaban J connectivity index is 0.00000242. The van der Waals surface area contributed by atoms with Gasteiger partial charge in [0, 0.05) is 30.4 Å². The molecule has 9 unspecified atom stereocenters. The van der Waals surface area contributed by atoms with Crippen LogP contribution in [-0.4, -0.2) is 36.0 Å². The summed E-state index contributed by atoms with van der Waals surface area (Å²) in [6.07, 6.45) is 1.05. The molecule has 129 valence electrons. The average Bonchev–Trinajstić information content (AvgIpc) is 2.75. The van der Waals surface area contributed by atoms with E-state index in [4.69, 9.17) is 14.2 Å². The quantitative estimate of drug-likeness (QED) is 0.845. The van der Waals surface area contributed by atoms with E-state index in [1.54, 1.807) is 0 Å². The van der Waals surface area contributed by atoms with Gasteiger partial charge in [-0.15, -0.1) is 0 Å². The van der Waals surface area contributed by atoms with Crippen LogP contribution in [0, 0.1) is 23.7 Å². The van der Waals surface area contributed by atoms with E-state index in [1.165, 1.54) is 0 Å².